The topological polar surface area (TPSA) is 0 Å². The summed E-state index contributed by atoms with van der Waals surface area (Å²) in [5.41, 5.74) is 11.2. The van der Waals surface area contributed by atoms with E-state index < -0.39 is 0 Å². The Morgan fingerprint density at radius 2 is 0.860 bits per heavy atom. The molecule has 0 heterocycles. The SMILES string of the molecule is Cc1ccc(-c2cccc3[cH-]c(C4CCCCC4)cc23)cc1.Cc1ccc(-c2cccc3[cH-]c(C4CCCCC4)cc23)cc1.[CH2-]C[CH2-].[Cl-].[Cl-].[Hf]. The van der Waals surface area contributed by atoms with Crippen molar-refractivity contribution in [1.29, 1.82) is 0 Å². The van der Waals surface area contributed by atoms with E-state index in [4.69, 9.17) is 0 Å². The third kappa shape index (κ3) is 10.3. The van der Waals surface area contributed by atoms with Crippen molar-refractivity contribution in [3.8, 4) is 22.3 Å². The van der Waals surface area contributed by atoms with Crippen molar-refractivity contribution in [2.45, 2.75) is 96.3 Å². The van der Waals surface area contributed by atoms with Gasteiger partial charge >= 0.3 is 0 Å². The van der Waals surface area contributed by atoms with E-state index in [1.165, 1.54) is 119 Å². The van der Waals surface area contributed by atoms with Crippen LogP contribution in [0.2, 0.25) is 0 Å². The van der Waals surface area contributed by atoms with Crippen LogP contribution < -0.4 is 24.8 Å². The monoisotopic (exact) mass is 866 g/mol. The van der Waals surface area contributed by atoms with Gasteiger partial charge in [0, 0.05) is 25.8 Å². The molecule has 2 saturated carbocycles. The molecule has 0 radical (unpaired) electrons. The standard InChI is InChI=1S/2C22H23.C3H6.2ClH.Hf/c2*1-16-10-12-18(13-11-16)21-9-5-8-19-14-20(15-22(19)21)17-6-3-2-4-7-17;1-3-2;;;/h2*5,8-15,17H,2-4,6-7H2,1H3;1-3H2;2*1H;/q2*-1;-2;;;/p-2. The molecule has 264 valence electrons. The number of hydrogen-bond acceptors (Lipinski definition) is 0. The van der Waals surface area contributed by atoms with Gasteiger partial charge in [0.25, 0.3) is 0 Å². The first-order chi connectivity index (χ1) is 23.0. The van der Waals surface area contributed by atoms with E-state index in [1.807, 2.05) is 0 Å². The summed E-state index contributed by atoms with van der Waals surface area (Å²) in [5, 5.41) is 5.65. The third-order valence-corrected chi connectivity index (χ3v) is 10.4. The van der Waals surface area contributed by atoms with Crippen LogP contribution in [0.25, 0.3) is 43.8 Å². The zero-order valence-electron chi connectivity index (χ0n) is 30.0. The van der Waals surface area contributed by atoms with Crippen LogP contribution in [-0.4, -0.2) is 0 Å². The van der Waals surface area contributed by atoms with Crippen LogP contribution in [-0.2, 0) is 25.8 Å². The summed E-state index contributed by atoms with van der Waals surface area (Å²) in [4.78, 5) is 0. The molecule has 0 bridgehead atoms. The zero-order valence-corrected chi connectivity index (χ0v) is 35.1. The van der Waals surface area contributed by atoms with Crippen LogP contribution in [0.15, 0.2) is 109 Å². The molecule has 8 rings (SSSR count). The van der Waals surface area contributed by atoms with Crippen LogP contribution in [0.1, 0.15) is 105 Å². The normalized spacial score (nSPS) is 14.6. The summed E-state index contributed by atoms with van der Waals surface area (Å²) in [5.74, 6) is 1.57. The number of rotatable bonds is 4. The minimum absolute atomic E-state index is 0. The molecule has 0 saturated heterocycles. The van der Waals surface area contributed by atoms with Gasteiger partial charge in [0.05, 0.1) is 0 Å². The van der Waals surface area contributed by atoms with Crippen LogP contribution in [0.3, 0.4) is 0 Å². The Morgan fingerprint density at radius 1 is 0.520 bits per heavy atom. The van der Waals surface area contributed by atoms with E-state index in [-0.39, 0.29) is 50.7 Å². The van der Waals surface area contributed by atoms with E-state index in [0.717, 1.165) is 18.3 Å². The van der Waals surface area contributed by atoms with Crippen LogP contribution >= 0.6 is 0 Å². The largest absolute Gasteiger partial charge is 1.00 e. The first-order valence-electron chi connectivity index (χ1n) is 18.2. The third-order valence-electron chi connectivity index (χ3n) is 10.4. The maximum atomic E-state index is 3.38. The Hall–Kier alpha value is -2.45. The van der Waals surface area contributed by atoms with Crippen LogP contribution in [0.4, 0.5) is 0 Å². The Balaban J connectivity index is 0.000000238. The Bertz CT molecular complexity index is 1710. The molecule has 3 heteroatoms. The number of halogens is 2. The second-order valence-corrected chi connectivity index (χ2v) is 13.9. The molecular formula is C47H52Cl2Hf-6. The summed E-state index contributed by atoms with van der Waals surface area (Å²) >= 11 is 0. The molecule has 0 unspecified atom stereocenters. The molecule has 6 aromatic rings. The smallest absolute Gasteiger partial charge is 0 e. The van der Waals surface area contributed by atoms with E-state index in [9.17, 15) is 0 Å². The molecule has 6 aromatic carbocycles. The van der Waals surface area contributed by atoms with Gasteiger partial charge in [-0.3, -0.25) is 0 Å². The number of benzene rings is 4. The van der Waals surface area contributed by atoms with Gasteiger partial charge in [-0.25, -0.2) is 0 Å². The van der Waals surface area contributed by atoms with E-state index in [1.54, 1.807) is 11.1 Å². The fourth-order valence-electron chi connectivity index (χ4n) is 7.83. The van der Waals surface area contributed by atoms with Gasteiger partial charge < -0.3 is 45.1 Å². The van der Waals surface area contributed by atoms with Gasteiger partial charge in [-0.2, -0.15) is 12.1 Å². The molecule has 0 spiro atoms. The van der Waals surface area contributed by atoms with Crippen molar-refractivity contribution in [2.75, 3.05) is 0 Å². The minimum Gasteiger partial charge on any atom is -1.00 e. The van der Waals surface area contributed by atoms with Crippen molar-refractivity contribution in [1.82, 2.24) is 0 Å². The number of hydrogen-bond donors (Lipinski definition) is 0. The second-order valence-electron chi connectivity index (χ2n) is 13.9. The summed E-state index contributed by atoms with van der Waals surface area (Å²) in [6.45, 7) is 11.0. The maximum absolute atomic E-state index is 3.38. The van der Waals surface area contributed by atoms with Gasteiger partial charge in [-0.1, -0.05) is 121 Å². The van der Waals surface area contributed by atoms with E-state index in [2.05, 4.69) is 137 Å². The predicted molar refractivity (Wildman–Crippen MR) is 206 cm³/mol. The number of fused-ring (bicyclic) bond motifs is 2. The molecular weight excluding hydrogens is 814 g/mol. The molecule has 2 aliphatic carbocycles. The summed E-state index contributed by atoms with van der Waals surface area (Å²) in [6, 6.07) is 41.0. The summed E-state index contributed by atoms with van der Waals surface area (Å²) in [7, 11) is 0. The Labute approximate surface area is 333 Å². The summed E-state index contributed by atoms with van der Waals surface area (Å²) in [6.07, 6.45) is 14.7. The maximum Gasteiger partial charge on any atom is 0 e. The molecule has 0 amide bonds. The quantitative estimate of drug-likeness (QED) is 0.124. The second kappa shape index (κ2) is 20.6. The van der Waals surface area contributed by atoms with E-state index >= 15 is 0 Å². The van der Waals surface area contributed by atoms with Crippen LogP contribution in [0.5, 0.6) is 0 Å². The molecule has 0 aliphatic heterocycles. The Morgan fingerprint density at radius 3 is 1.20 bits per heavy atom. The Kier molecular flexibility index (Phi) is 17.3. The molecule has 50 heavy (non-hydrogen) atoms. The molecule has 0 nitrogen and oxygen atoms in total. The molecule has 0 atom stereocenters. The van der Waals surface area contributed by atoms with Crippen molar-refractivity contribution >= 4 is 21.5 Å². The van der Waals surface area contributed by atoms with Gasteiger partial charge in [0.15, 0.2) is 0 Å². The summed E-state index contributed by atoms with van der Waals surface area (Å²) < 4.78 is 0. The first kappa shape index (κ1) is 42.0. The van der Waals surface area contributed by atoms with E-state index in [0.29, 0.717) is 0 Å². The van der Waals surface area contributed by atoms with Gasteiger partial charge in [0.1, 0.15) is 0 Å². The van der Waals surface area contributed by atoms with Gasteiger partial charge in [-0.05, 0) is 62.5 Å². The minimum atomic E-state index is 0. The fraction of sp³-hybridized carbons (Fsp3) is 0.319. The predicted octanol–water partition coefficient (Wildman–Crippen LogP) is 8.21. The molecule has 0 N–H and O–H groups in total. The number of aryl methyl sites for hydroxylation is 2. The van der Waals surface area contributed by atoms with Crippen molar-refractivity contribution in [2.24, 2.45) is 0 Å². The molecule has 0 aromatic heterocycles. The van der Waals surface area contributed by atoms with Crippen LogP contribution in [0, 0.1) is 27.7 Å². The average molecular weight is 866 g/mol. The van der Waals surface area contributed by atoms with Crippen molar-refractivity contribution in [3.63, 3.8) is 0 Å². The van der Waals surface area contributed by atoms with Crippen molar-refractivity contribution in [3.05, 3.63) is 145 Å². The van der Waals surface area contributed by atoms with Crippen molar-refractivity contribution < 1.29 is 50.7 Å². The van der Waals surface area contributed by atoms with Gasteiger partial charge in [0.2, 0.25) is 0 Å². The fourth-order valence-corrected chi connectivity index (χ4v) is 7.83. The van der Waals surface area contributed by atoms with Gasteiger partial charge in [-0.15, -0.1) is 69.1 Å². The zero-order chi connectivity index (χ0) is 32.6. The average Bonchev–Trinajstić information content (AvgIpc) is 3.76. The molecule has 2 aliphatic rings. The first-order valence-corrected chi connectivity index (χ1v) is 18.2. The molecule has 2 fully saturated rings.